The van der Waals surface area contributed by atoms with Crippen LogP contribution in [0.4, 0.5) is 0 Å². The van der Waals surface area contributed by atoms with E-state index in [0.717, 1.165) is 110 Å². The van der Waals surface area contributed by atoms with Gasteiger partial charge in [-0.25, -0.2) is 4.79 Å². The van der Waals surface area contributed by atoms with Crippen LogP contribution in [0.2, 0.25) is 0 Å². The maximum atomic E-state index is 12.8. The van der Waals surface area contributed by atoms with Crippen molar-refractivity contribution in [2.75, 3.05) is 28.4 Å². The summed E-state index contributed by atoms with van der Waals surface area (Å²) in [5.41, 5.74) is 22.2. The first-order chi connectivity index (χ1) is 59.3. The third-order valence-electron chi connectivity index (χ3n) is 25.5. The van der Waals surface area contributed by atoms with Crippen molar-refractivity contribution >= 4 is 29.8 Å². The third kappa shape index (κ3) is 19.3. The predicted octanol–water partition coefficient (Wildman–Crippen LogP) is 25.5. The summed E-state index contributed by atoms with van der Waals surface area (Å²) in [5, 5.41) is 0. The summed E-state index contributed by atoms with van der Waals surface area (Å²) >= 11 is 0. The maximum Gasteiger partial charge on any atom is 0.340 e. The van der Waals surface area contributed by atoms with Gasteiger partial charge in [-0.1, -0.05) is 230 Å². The Labute approximate surface area is 734 Å². The van der Waals surface area contributed by atoms with E-state index in [9.17, 15) is 24.0 Å². The summed E-state index contributed by atoms with van der Waals surface area (Å²) in [6.45, 7) is 29.0. The minimum Gasteiger partial charge on any atom is -0.496 e. The SMILES string of the molecule is COc1ccc(C2(c3ccc(OC(C)=O)c(C)c3)CC(C)CC(C)(C)C2)cc1C.COc1ccc(C2(c3ccc(OC(C)=O)c(C)c3)CCCCCCCCCCC2)cc1C.COc1ccc(C2(c3ccc(OC(C)=O)c(C)c3)OC(=O)c3ccccc32)cc1C.COc1ccc(C2(c3ccc(OC(C)=O)c(C)c3)c3ccccc3-c3ccccc32)cc1C. The van der Waals surface area contributed by atoms with Crippen molar-refractivity contribution < 1.29 is 66.6 Å². The molecule has 0 bridgehead atoms. The first-order valence-electron chi connectivity index (χ1n) is 43.7. The van der Waals surface area contributed by atoms with Crippen LogP contribution < -0.4 is 37.9 Å². The van der Waals surface area contributed by atoms with Crippen LogP contribution in [0.3, 0.4) is 0 Å². The van der Waals surface area contributed by atoms with Gasteiger partial charge in [-0.2, -0.15) is 0 Å². The Balaban J connectivity index is 0.000000151. The summed E-state index contributed by atoms with van der Waals surface area (Å²) < 4.78 is 49.7. The number of rotatable bonds is 16. The first-order valence-corrected chi connectivity index (χ1v) is 43.7. The van der Waals surface area contributed by atoms with Gasteiger partial charge in [0.05, 0.1) is 39.4 Å². The molecule has 4 aliphatic rings. The van der Waals surface area contributed by atoms with Crippen LogP contribution in [-0.2, 0) is 45.8 Å². The van der Waals surface area contributed by atoms with E-state index in [1.54, 1.807) is 40.6 Å². The Bertz CT molecular complexity index is 5690. The molecule has 0 spiro atoms. The van der Waals surface area contributed by atoms with Gasteiger partial charge in [0.2, 0.25) is 0 Å². The molecule has 2 fully saturated rings. The second kappa shape index (κ2) is 39.2. The predicted molar refractivity (Wildman–Crippen MR) is 493 cm³/mol. The van der Waals surface area contributed by atoms with Gasteiger partial charge < -0.3 is 42.6 Å². The molecule has 0 aromatic heterocycles. The Morgan fingerprint density at radius 3 is 0.895 bits per heavy atom. The average molecular weight is 1670 g/mol. The van der Waals surface area contributed by atoms with Crippen molar-refractivity contribution in [3.8, 4) is 57.1 Å². The standard InChI is InChI=1S/C30H26O3.C29H40O3.C26H34O3.C25H22O5/c1-19-17-22(13-15-28(19)32-4)30(23-14-16-29(20(2)18-23)33-21(3)31)26-11-7-5-9-24(26)25-10-6-8-12-27(25)30;1-22-20-25(14-16-27(22)31-4)29(18-12-10-8-6-5-7-9-11-13-19-29)26-15-17-28(23(2)21-26)32-24(3)30;1-17-14-25(5,6)16-26(15-17,21-8-10-23(28-7)18(2)12-21)22-9-11-24(19(3)13-22)29-20(4)27;1-15-13-18(9-11-22(15)28-4)25(21-8-6-5-7-20(21)24(27)30-25)19-10-12-23(16(2)14-19)29-17(3)26/h5-18H,1-4H3;14-17,20-21H,5-13,18-19H2,1-4H3;8-13,17H,14-16H2,1-7H3;5-14H,1-4H3. The molecule has 0 amide bonds. The molecular weight excluding hydrogens is 1550 g/mol. The van der Waals surface area contributed by atoms with Crippen molar-refractivity contribution in [2.24, 2.45) is 11.3 Å². The number of esters is 5. The molecule has 1 heterocycles. The fourth-order valence-corrected chi connectivity index (χ4v) is 20.3. The molecule has 0 saturated heterocycles. The van der Waals surface area contributed by atoms with E-state index >= 15 is 0 Å². The van der Waals surface area contributed by atoms with Crippen molar-refractivity contribution in [1.29, 1.82) is 0 Å². The molecule has 11 aromatic rings. The van der Waals surface area contributed by atoms with Gasteiger partial charge >= 0.3 is 29.8 Å². The lowest BCUT2D eigenvalue weighted by Crippen LogP contribution is -2.41. The lowest BCUT2D eigenvalue weighted by molar-refractivity contribution is -0.132. The lowest BCUT2D eigenvalue weighted by atomic mass is 9.55. The summed E-state index contributed by atoms with van der Waals surface area (Å²) in [6, 6.07) is 74.6. The summed E-state index contributed by atoms with van der Waals surface area (Å²) in [7, 11) is 6.79. The topological polar surface area (TPSA) is 168 Å². The Kier molecular flexibility index (Phi) is 28.8. The summed E-state index contributed by atoms with van der Waals surface area (Å²) in [6.07, 6.45) is 17.6. The zero-order valence-electron chi connectivity index (χ0n) is 76.0. The van der Waals surface area contributed by atoms with E-state index in [1.165, 1.54) is 148 Å². The molecule has 124 heavy (non-hydrogen) atoms. The van der Waals surface area contributed by atoms with Crippen molar-refractivity contribution in [2.45, 2.75) is 216 Å². The van der Waals surface area contributed by atoms with Crippen LogP contribution in [0.5, 0.6) is 46.0 Å². The van der Waals surface area contributed by atoms with E-state index in [0.29, 0.717) is 34.5 Å². The number of fused-ring (bicyclic) bond motifs is 4. The highest BCUT2D eigenvalue weighted by Gasteiger charge is 2.51. The number of ether oxygens (including phenoxy) is 9. The second-order valence-corrected chi connectivity index (χ2v) is 35.2. The highest BCUT2D eigenvalue weighted by Crippen LogP contribution is 2.59. The second-order valence-electron chi connectivity index (χ2n) is 35.2. The number of cyclic esters (lactones) is 1. The fourth-order valence-electron chi connectivity index (χ4n) is 20.3. The van der Waals surface area contributed by atoms with E-state index in [-0.39, 0.29) is 46.1 Å². The van der Waals surface area contributed by atoms with Crippen molar-refractivity contribution in [3.63, 3.8) is 0 Å². The average Bonchev–Trinajstić information content (AvgIpc) is 1.52. The molecule has 15 rings (SSSR count). The molecule has 3 unspecified atom stereocenters. The van der Waals surface area contributed by atoms with E-state index in [4.69, 9.17) is 42.6 Å². The van der Waals surface area contributed by atoms with Gasteiger partial charge in [-0.15, -0.1) is 0 Å². The van der Waals surface area contributed by atoms with E-state index in [1.807, 2.05) is 101 Å². The monoisotopic (exact) mass is 1670 g/mol. The van der Waals surface area contributed by atoms with Crippen LogP contribution in [0.25, 0.3) is 11.1 Å². The number of benzene rings is 11. The van der Waals surface area contributed by atoms with Crippen LogP contribution in [0.1, 0.15) is 254 Å². The van der Waals surface area contributed by atoms with Gasteiger partial charge in [-0.05, 0) is 266 Å². The number of carbonyl (C=O) groups is 5. The largest absolute Gasteiger partial charge is 0.496 e. The van der Waals surface area contributed by atoms with Gasteiger partial charge in [0.25, 0.3) is 0 Å². The highest BCUT2D eigenvalue weighted by molar-refractivity contribution is 5.96. The van der Waals surface area contributed by atoms with Gasteiger partial charge in [0.15, 0.2) is 5.60 Å². The van der Waals surface area contributed by atoms with Crippen molar-refractivity contribution in [3.05, 3.63) is 330 Å². The number of hydrogen-bond acceptors (Lipinski definition) is 14. The summed E-state index contributed by atoms with van der Waals surface area (Å²) in [5.74, 6) is 4.86. The van der Waals surface area contributed by atoms with Gasteiger partial charge in [0.1, 0.15) is 46.0 Å². The van der Waals surface area contributed by atoms with E-state index < -0.39 is 11.0 Å². The van der Waals surface area contributed by atoms with Crippen LogP contribution >= 0.6 is 0 Å². The molecule has 3 atom stereocenters. The molecule has 2 saturated carbocycles. The Hall–Kier alpha value is -12.0. The molecule has 3 aliphatic carbocycles. The number of methoxy groups -OCH3 is 4. The molecular formula is C110H122O14. The maximum absolute atomic E-state index is 12.8. The Morgan fingerprint density at radius 1 is 0.315 bits per heavy atom. The molecule has 0 radical (unpaired) electrons. The van der Waals surface area contributed by atoms with Crippen LogP contribution in [0.15, 0.2) is 218 Å². The highest BCUT2D eigenvalue weighted by atomic mass is 16.6. The van der Waals surface area contributed by atoms with E-state index in [2.05, 4.69) is 181 Å². The van der Waals surface area contributed by atoms with Gasteiger partial charge in [0, 0.05) is 55.2 Å². The fraction of sp³-hybridized carbons (Fsp3) is 0.355. The first kappa shape index (κ1) is 91.2. The molecule has 0 N–H and O–H groups in total. The molecule has 1 aliphatic heterocycles. The lowest BCUT2D eigenvalue weighted by Gasteiger charge is -2.49. The quantitative estimate of drug-likeness (QED) is 0.0662. The van der Waals surface area contributed by atoms with Crippen LogP contribution in [-0.4, -0.2) is 58.3 Å². The van der Waals surface area contributed by atoms with Gasteiger partial charge in [-0.3, -0.25) is 19.2 Å². The molecule has 14 heteroatoms. The third-order valence-corrected chi connectivity index (χ3v) is 25.5. The normalized spacial score (nSPS) is 17.7. The minimum atomic E-state index is -1.11. The Morgan fingerprint density at radius 2 is 0.581 bits per heavy atom. The molecule has 11 aromatic carbocycles. The minimum absolute atomic E-state index is 0.0320. The zero-order valence-corrected chi connectivity index (χ0v) is 76.0. The molecule has 646 valence electrons. The number of hydrogen-bond donors (Lipinski definition) is 0. The summed E-state index contributed by atoms with van der Waals surface area (Å²) in [4.78, 5) is 58.7. The van der Waals surface area contributed by atoms with Crippen LogP contribution in [0, 0.1) is 66.7 Å². The van der Waals surface area contributed by atoms with Crippen molar-refractivity contribution in [1.82, 2.24) is 0 Å². The number of aryl methyl sites for hydroxylation is 8. The zero-order chi connectivity index (χ0) is 89.0. The molecule has 14 nitrogen and oxygen atoms in total. The number of carbonyl (C=O) groups excluding carboxylic acids is 5. The smallest absolute Gasteiger partial charge is 0.340 e.